The molecule has 4 heteroatoms. The van der Waals surface area contributed by atoms with Gasteiger partial charge in [0.05, 0.1) is 25.9 Å². The Morgan fingerprint density at radius 3 is 2.23 bits per heavy atom. The third kappa shape index (κ3) is 2.91. The zero-order chi connectivity index (χ0) is 9.68. The molecule has 2 unspecified atom stereocenters. The quantitative estimate of drug-likeness (QED) is 0.552. The van der Waals surface area contributed by atoms with Gasteiger partial charge >= 0.3 is 0 Å². The predicted octanol–water partition coefficient (Wildman–Crippen LogP) is -0.625. The summed E-state index contributed by atoms with van der Waals surface area (Å²) in [6.07, 6.45) is 1.69. The van der Waals surface area contributed by atoms with Gasteiger partial charge in [0.25, 0.3) is 0 Å². The Balaban J connectivity index is 2.30. The van der Waals surface area contributed by atoms with Gasteiger partial charge in [0.2, 0.25) is 0 Å². The van der Waals surface area contributed by atoms with Gasteiger partial charge in [-0.3, -0.25) is 0 Å². The molecule has 0 spiro atoms. The van der Waals surface area contributed by atoms with Gasteiger partial charge in [-0.2, -0.15) is 0 Å². The van der Waals surface area contributed by atoms with Gasteiger partial charge in [-0.1, -0.05) is 0 Å². The van der Waals surface area contributed by atoms with E-state index < -0.39 is 0 Å². The maximum Gasteiger partial charge on any atom is 0.0647 e. The zero-order valence-electron chi connectivity index (χ0n) is 7.72. The van der Waals surface area contributed by atoms with Crippen LogP contribution in [0.15, 0.2) is 0 Å². The Bertz CT molecular complexity index is 128. The third-order valence-corrected chi connectivity index (χ3v) is 2.66. The molecule has 0 amide bonds. The Labute approximate surface area is 78.1 Å². The van der Waals surface area contributed by atoms with Gasteiger partial charge in [-0.05, 0) is 12.8 Å². The maximum absolute atomic E-state index is 8.91. The van der Waals surface area contributed by atoms with Crippen LogP contribution in [0.2, 0.25) is 0 Å². The van der Waals surface area contributed by atoms with E-state index in [0.717, 1.165) is 12.8 Å². The van der Waals surface area contributed by atoms with Crippen LogP contribution in [-0.4, -0.2) is 47.9 Å². The molecule has 1 saturated heterocycles. The Morgan fingerprint density at radius 2 is 1.85 bits per heavy atom. The Kier molecular flexibility index (Phi) is 4.66. The first-order valence-corrected chi connectivity index (χ1v) is 4.76. The molecule has 0 aromatic rings. The van der Waals surface area contributed by atoms with E-state index in [4.69, 9.17) is 20.1 Å². The van der Waals surface area contributed by atoms with Crippen molar-refractivity contribution in [2.75, 3.05) is 26.4 Å². The lowest BCUT2D eigenvalue weighted by Crippen LogP contribution is -2.36. The molecule has 0 radical (unpaired) electrons. The van der Waals surface area contributed by atoms with Crippen molar-refractivity contribution in [1.82, 2.24) is 0 Å². The average molecular weight is 190 g/mol. The molecule has 1 fully saturated rings. The molecule has 0 aliphatic carbocycles. The molecule has 0 bridgehead atoms. The van der Waals surface area contributed by atoms with Crippen LogP contribution in [-0.2, 0) is 4.74 Å². The minimum absolute atomic E-state index is 0.0367. The minimum atomic E-state index is -0.167. The highest BCUT2D eigenvalue weighted by molar-refractivity contribution is 4.75. The lowest BCUT2D eigenvalue weighted by Gasteiger charge is -2.31. The molecule has 78 valence electrons. The van der Waals surface area contributed by atoms with Gasteiger partial charge in [0.15, 0.2) is 0 Å². The monoisotopic (exact) mass is 190 g/mol. The molecule has 0 aromatic carbocycles. The van der Waals surface area contributed by atoms with Gasteiger partial charge in [-0.25, -0.2) is 0 Å². The van der Waals surface area contributed by atoms with E-state index in [-0.39, 0.29) is 37.8 Å². The summed E-state index contributed by atoms with van der Waals surface area (Å²) >= 11 is 0. The average Bonchev–Trinajstić information content (AvgIpc) is 2.21. The molecule has 0 aromatic heterocycles. The van der Waals surface area contributed by atoms with Crippen molar-refractivity contribution < 1.29 is 20.1 Å². The molecule has 1 aliphatic rings. The number of aliphatic hydroxyl groups excluding tert-OH is 3. The van der Waals surface area contributed by atoms with Crippen molar-refractivity contribution in [2.45, 2.75) is 18.9 Å². The van der Waals surface area contributed by atoms with Gasteiger partial charge < -0.3 is 20.1 Å². The SMILES string of the molecule is OCC1CCC(C(CO)CO)OC1. The number of ether oxygens (including phenoxy) is 1. The van der Waals surface area contributed by atoms with Crippen molar-refractivity contribution in [2.24, 2.45) is 11.8 Å². The summed E-state index contributed by atoms with van der Waals surface area (Å²) in [5.41, 5.74) is 0. The van der Waals surface area contributed by atoms with Crippen LogP contribution in [0.1, 0.15) is 12.8 Å². The van der Waals surface area contributed by atoms with Crippen molar-refractivity contribution in [3.8, 4) is 0 Å². The molecule has 3 N–H and O–H groups in total. The van der Waals surface area contributed by atoms with E-state index in [2.05, 4.69) is 0 Å². The third-order valence-electron chi connectivity index (χ3n) is 2.66. The molecule has 1 heterocycles. The van der Waals surface area contributed by atoms with E-state index in [1.54, 1.807) is 0 Å². The summed E-state index contributed by atoms with van der Waals surface area (Å²) in [6, 6.07) is 0. The van der Waals surface area contributed by atoms with E-state index >= 15 is 0 Å². The van der Waals surface area contributed by atoms with Gasteiger partial charge in [0.1, 0.15) is 0 Å². The second-order valence-corrected chi connectivity index (χ2v) is 3.62. The summed E-state index contributed by atoms with van der Waals surface area (Å²) in [6.45, 7) is 0.628. The van der Waals surface area contributed by atoms with E-state index in [1.807, 2.05) is 0 Å². The lowest BCUT2D eigenvalue weighted by atomic mass is 9.92. The summed E-state index contributed by atoms with van der Waals surface area (Å²) in [5.74, 6) is 0.0638. The van der Waals surface area contributed by atoms with Gasteiger partial charge in [0, 0.05) is 18.4 Å². The highest BCUT2D eigenvalue weighted by Crippen LogP contribution is 2.23. The topological polar surface area (TPSA) is 69.9 Å². The molecule has 4 nitrogen and oxygen atoms in total. The zero-order valence-corrected chi connectivity index (χ0v) is 7.72. The van der Waals surface area contributed by atoms with Crippen LogP contribution in [0.5, 0.6) is 0 Å². The molecule has 0 saturated carbocycles. The largest absolute Gasteiger partial charge is 0.396 e. The van der Waals surface area contributed by atoms with Crippen molar-refractivity contribution >= 4 is 0 Å². The molecular weight excluding hydrogens is 172 g/mol. The normalized spacial score (nSPS) is 29.5. The molecule has 2 atom stereocenters. The number of aliphatic hydroxyl groups is 3. The molecular formula is C9H18O4. The van der Waals surface area contributed by atoms with Crippen LogP contribution < -0.4 is 0 Å². The van der Waals surface area contributed by atoms with Crippen molar-refractivity contribution in [1.29, 1.82) is 0 Å². The van der Waals surface area contributed by atoms with Crippen LogP contribution >= 0.6 is 0 Å². The van der Waals surface area contributed by atoms with Crippen LogP contribution in [0.3, 0.4) is 0 Å². The van der Waals surface area contributed by atoms with E-state index in [9.17, 15) is 0 Å². The second kappa shape index (κ2) is 5.54. The summed E-state index contributed by atoms with van der Waals surface area (Å²) in [4.78, 5) is 0. The molecule has 13 heavy (non-hydrogen) atoms. The van der Waals surface area contributed by atoms with Crippen LogP contribution in [0.25, 0.3) is 0 Å². The first-order chi connectivity index (χ1) is 6.31. The van der Waals surface area contributed by atoms with E-state index in [0.29, 0.717) is 6.61 Å². The minimum Gasteiger partial charge on any atom is -0.396 e. The summed E-state index contributed by atoms with van der Waals surface area (Å²) in [5, 5.41) is 26.7. The highest BCUT2D eigenvalue weighted by Gasteiger charge is 2.27. The van der Waals surface area contributed by atoms with Gasteiger partial charge in [-0.15, -0.1) is 0 Å². The second-order valence-electron chi connectivity index (χ2n) is 3.62. The first kappa shape index (κ1) is 10.9. The maximum atomic E-state index is 8.91. The number of hydrogen-bond acceptors (Lipinski definition) is 4. The predicted molar refractivity (Wildman–Crippen MR) is 47.2 cm³/mol. The summed E-state index contributed by atoms with van der Waals surface area (Å²) < 4.78 is 5.45. The van der Waals surface area contributed by atoms with Crippen LogP contribution in [0.4, 0.5) is 0 Å². The lowest BCUT2D eigenvalue weighted by molar-refractivity contribution is -0.0784. The smallest absolute Gasteiger partial charge is 0.0647 e. The fourth-order valence-electron chi connectivity index (χ4n) is 1.63. The Morgan fingerprint density at radius 1 is 1.15 bits per heavy atom. The standard InChI is InChI=1S/C9H18O4/c10-3-7-1-2-9(13-6-7)8(4-11)5-12/h7-12H,1-6H2. The molecule has 1 rings (SSSR count). The number of rotatable bonds is 4. The fraction of sp³-hybridized carbons (Fsp3) is 1.00. The van der Waals surface area contributed by atoms with Crippen LogP contribution in [0, 0.1) is 11.8 Å². The number of hydrogen-bond donors (Lipinski definition) is 3. The van der Waals surface area contributed by atoms with E-state index in [1.165, 1.54) is 0 Å². The van der Waals surface area contributed by atoms with Crippen molar-refractivity contribution in [3.05, 3.63) is 0 Å². The highest BCUT2D eigenvalue weighted by atomic mass is 16.5. The summed E-state index contributed by atoms with van der Waals surface area (Å²) in [7, 11) is 0. The molecule has 1 aliphatic heterocycles. The first-order valence-electron chi connectivity index (χ1n) is 4.76. The van der Waals surface area contributed by atoms with Crippen molar-refractivity contribution in [3.63, 3.8) is 0 Å². The fourth-order valence-corrected chi connectivity index (χ4v) is 1.63. The Hall–Kier alpha value is -0.160.